The first-order valence-electron chi connectivity index (χ1n) is 10.5. The Labute approximate surface area is 202 Å². The molecule has 0 saturated carbocycles. The lowest BCUT2D eigenvalue weighted by Crippen LogP contribution is -2.32. The molecule has 0 radical (unpaired) electrons. The van der Waals surface area contributed by atoms with E-state index in [1.807, 2.05) is 49.4 Å². The highest BCUT2D eigenvalue weighted by Gasteiger charge is 2.35. The summed E-state index contributed by atoms with van der Waals surface area (Å²) in [5, 5.41) is 1.21. The summed E-state index contributed by atoms with van der Waals surface area (Å²) < 4.78 is 17.4. The van der Waals surface area contributed by atoms with Crippen molar-refractivity contribution in [1.82, 2.24) is 4.90 Å². The van der Waals surface area contributed by atoms with Gasteiger partial charge in [0, 0.05) is 23.1 Å². The number of ether oxygens (including phenoxy) is 3. The minimum absolute atomic E-state index is 0.126. The maximum Gasteiger partial charge on any atom is 0.232 e. The van der Waals surface area contributed by atoms with Gasteiger partial charge in [0.05, 0.1) is 18.2 Å². The van der Waals surface area contributed by atoms with Gasteiger partial charge in [0.25, 0.3) is 0 Å². The number of aryl methyl sites for hydroxylation is 1. The van der Waals surface area contributed by atoms with Gasteiger partial charge in [-0.25, -0.2) is 0 Å². The first-order valence-corrected chi connectivity index (χ1v) is 11.2. The number of benzene rings is 3. The smallest absolute Gasteiger partial charge is 0.232 e. The van der Waals surface area contributed by atoms with E-state index in [0.29, 0.717) is 46.9 Å². The molecule has 0 aromatic heterocycles. The Morgan fingerprint density at radius 1 is 1.12 bits per heavy atom. The Bertz CT molecular complexity index is 1280. The number of hydrogen-bond donors (Lipinski definition) is 0. The summed E-state index contributed by atoms with van der Waals surface area (Å²) in [6.45, 7) is 3.47. The van der Waals surface area contributed by atoms with E-state index >= 15 is 0 Å². The van der Waals surface area contributed by atoms with Crippen LogP contribution < -0.4 is 14.2 Å². The topological polar surface area (TPSA) is 48.0 Å². The van der Waals surface area contributed by atoms with Gasteiger partial charge < -0.3 is 14.2 Å². The molecule has 0 aliphatic carbocycles. The fraction of sp³-hybridized carbons (Fsp3) is 0.192. The van der Waals surface area contributed by atoms with Gasteiger partial charge in [-0.2, -0.15) is 0 Å². The van der Waals surface area contributed by atoms with E-state index in [2.05, 4.69) is 4.90 Å². The average Bonchev–Trinajstić information content (AvgIpc) is 3.13. The minimum Gasteiger partial charge on any atom is -0.497 e. The third kappa shape index (κ3) is 4.20. The molecule has 2 aliphatic heterocycles. The van der Waals surface area contributed by atoms with Crippen molar-refractivity contribution in [3.63, 3.8) is 0 Å². The van der Waals surface area contributed by atoms with Gasteiger partial charge in [-0.15, -0.1) is 0 Å². The maximum atomic E-state index is 13.2. The van der Waals surface area contributed by atoms with Gasteiger partial charge in [-0.05, 0) is 60.0 Å². The molecule has 3 aromatic carbocycles. The highest BCUT2D eigenvalue weighted by Crippen LogP contribution is 2.44. The van der Waals surface area contributed by atoms with Crippen molar-refractivity contribution in [2.45, 2.75) is 20.0 Å². The number of halogens is 2. The van der Waals surface area contributed by atoms with Crippen LogP contribution in [0.1, 0.15) is 32.6 Å². The van der Waals surface area contributed by atoms with Gasteiger partial charge in [0.2, 0.25) is 5.78 Å². The lowest BCUT2D eigenvalue weighted by atomic mass is 9.98. The van der Waals surface area contributed by atoms with Crippen LogP contribution in [-0.4, -0.2) is 24.5 Å². The van der Waals surface area contributed by atoms with Crippen molar-refractivity contribution in [3.8, 4) is 17.2 Å². The normalized spacial score (nSPS) is 16.2. The van der Waals surface area contributed by atoms with Crippen molar-refractivity contribution >= 4 is 35.1 Å². The predicted molar refractivity (Wildman–Crippen MR) is 128 cm³/mol. The average molecular weight is 482 g/mol. The second kappa shape index (κ2) is 8.75. The van der Waals surface area contributed by atoms with Gasteiger partial charge in [0.1, 0.15) is 24.0 Å². The fourth-order valence-electron chi connectivity index (χ4n) is 4.12. The molecule has 0 unspecified atom stereocenters. The van der Waals surface area contributed by atoms with Crippen molar-refractivity contribution < 1.29 is 19.0 Å². The van der Waals surface area contributed by atoms with E-state index in [0.717, 1.165) is 33.8 Å². The lowest BCUT2D eigenvalue weighted by Gasteiger charge is -2.30. The summed E-state index contributed by atoms with van der Waals surface area (Å²) in [5.74, 6) is 2.23. The first-order chi connectivity index (χ1) is 15.9. The number of nitrogens with zero attached hydrogens (tertiary/aromatic N) is 1. The molecule has 0 saturated heterocycles. The summed E-state index contributed by atoms with van der Waals surface area (Å²) in [7, 11) is 1.62. The molecule has 2 heterocycles. The van der Waals surface area contributed by atoms with E-state index in [1.165, 1.54) is 0 Å². The number of carbonyl (C=O) groups excluding carboxylic acids is 1. The third-order valence-corrected chi connectivity index (χ3v) is 6.40. The fourth-order valence-corrected chi connectivity index (χ4v) is 4.59. The van der Waals surface area contributed by atoms with Crippen LogP contribution in [-0.2, 0) is 13.1 Å². The highest BCUT2D eigenvalue weighted by molar-refractivity contribution is 6.35. The summed E-state index contributed by atoms with van der Waals surface area (Å²) in [6.07, 6.45) is 1.75. The Hall–Kier alpha value is -2.99. The predicted octanol–water partition coefficient (Wildman–Crippen LogP) is 6.28. The van der Waals surface area contributed by atoms with Crippen LogP contribution in [0.4, 0.5) is 0 Å². The summed E-state index contributed by atoms with van der Waals surface area (Å²) in [4.78, 5) is 15.3. The molecule has 0 amide bonds. The molecule has 3 aromatic rings. The number of hydrogen-bond acceptors (Lipinski definition) is 5. The number of Topliss-reactive ketones (excluding diaryl/α,β-unsaturated/α-hetero) is 1. The summed E-state index contributed by atoms with van der Waals surface area (Å²) in [6, 6.07) is 14.8. The lowest BCUT2D eigenvalue weighted by molar-refractivity contribution is 0.0872. The monoisotopic (exact) mass is 481 g/mol. The second-order valence-corrected chi connectivity index (χ2v) is 8.93. The van der Waals surface area contributed by atoms with E-state index in [1.54, 1.807) is 19.3 Å². The Morgan fingerprint density at radius 2 is 1.91 bits per heavy atom. The van der Waals surface area contributed by atoms with E-state index in [-0.39, 0.29) is 5.78 Å². The van der Waals surface area contributed by atoms with Crippen LogP contribution in [0.5, 0.6) is 17.2 Å². The third-order valence-electron chi connectivity index (χ3n) is 5.81. The molecule has 0 atom stereocenters. The molecule has 5 nitrogen and oxygen atoms in total. The zero-order chi connectivity index (χ0) is 23.1. The molecular weight excluding hydrogens is 461 g/mol. The largest absolute Gasteiger partial charge is 0.497 e. The number of methoxy groups -OCH3 is 1. The number of ketones is 1. The Kier molecular flexibility index (Phi) is 5.79. The molecule has 5 rings (SSSR count). The zero-order valence-electron chi connectivity index (χ0n) is 18.2. The van der Waals surface area contributed by atoms with Gasteiger partial charge in [-0.3, -0.25) is 9.69 Å². The number of carbonyl (C=O) groups is 1. The molecule has 0 spiro atoms. The maximum absolute atomic E-state index is 13.2. The van der Waals surface area contributed by atoms with Gasteiger partial charge in [-0.1, -0.05) is 41.4 Å². The summed E-state index contributed by atoms with van der Waals surface area (Å²) in [5.41, 5.74) is 4.09. The van der Waals surface area contributed by atoms with Crippen LogP contribution in [0.3, 0.4) is 0 Å². The Morgan fingerprint density at radius 3 is 2.64 bits per heavy atom. The zero-order valence-corrected chi connectivity index (χ0v) is 19.7. The molecule has 0 bridgehead atoms. The van der Waals surface area contributed by atoms with Crippen LogP contribution in [0, 0.1) is 6.92 Å². The van der Waals surface area contributed by atoms with E-state index in [4.69, 9.17) is 37.4 Å². The summed E-state index contributed by atoms with van der Waals surface area (Å²) >= 11 is 12.4. The van der Waals surface area contributed by atoms with Crippen LogP contribution >= 0.6 is 23.2 Å². The van der Waals surface area contributed by atoms with Crippen LogP contribution in [0.15, 0.2) is 54.3 Å². The SMILES string of the molecule is COc1ccc(/C=C2\Oc3c4c(cc(C)c3C2=O)OCN(Cc2ccc(Cl)cc2Cl)C4)cc1. The van der Waals surface area contributed by atoms with Gasteiger partial charge in [0.15, 0.2) is 5.76 Å². The van der Waals surface area contributed by atoms with Crippen molar-refractivity contribution in [1.29, 1.82) is 0 Å². The Balaban J connectivity index is 1.44. The minimum atomic E-state index is -0.126. The molecule has 0 N–H and O–H groups in total. The second-order valence-electron chi connectivity index (χ2n) is 8.08. The van der Waals surface area contributed by atoms with Crippen molar-refractivity contribution in [2.24, 2.45) is 0 Å². The quantitative estimate of drug-likeness (QED) is 0.410. The van der Waals surface area contributed by atoms with Gasteiger partial charge >= 0.3 is 0 Å². The molecule has 2 aliphatic rings. The molecular formula is C26H21Cl2NO4. The van der Waals surface area contributed by atoms with E-state index < -0.39 is 0 Å². The number of fused-ring (bicyclic) bond motifs is 3. The number of allylic oxidation sites excluding steroid dienone is 1. The molecule has 33 heavy (non-hydrogen) atoms. The first kappa shape index (κ1) is 21.8. The van der Waals surface area contributed by atoms with Crippen molar-refractivity contribution in [2.75, 3.05) is 13.8 Å². The van der Waals surface area contributed by atoms with Crippen LogP contribution in [0.25, 0.3) is 6.08 Å². The van der Waals surface area contributed by atoms with E-state index in [9.17, 15) is 4.79 Å². The number of rotatable bonds is 4. The molecule has 168 valence electrons. The van der Waals surface area contributed by atoms with Crippen LogP contribution in [0.2, 0.25) is 10.0 Å². The van der Waals surface area contributed by atoms with Crippen molar-refractivity contribution in [3.05, 3.63) is 92.2 Å². The molecule has 7 heteroatoms. The standard InChI is InChI=1S/C26H21Cl2NO4/c1-15-9-22-20(13-29(14-32-22)12-17-5-6-18(27)11-21(17)28)26-24(15)25(30)23(33-26)10-16-3-7-19(31-2)8-4-16/h3-11H,12-14H2,1-2H3/b23-10-. The molecule has 0 fully saturated rings. The highest BCUT2D eigenvalue weighted by atomic mass is 35.5.